The van der Waals surface area contributed by atoms with Crippen molar-refractivity contribution >= 4 is 11.7 Å². The van der Waals surface area contributed by atoms with Crippen LogP contribution in [0.5, 0.6) is 0 Å². The van der Waals surface area contributed by atoms with E-state index in [4.69, 9.17) is 0 Å². The molecule has 0 fully saturated rings. The van der Waals surface area contributed by atoms with E-state index in [1.807, 2.05) is 45.6 Å². The average molecular weight is 223 g/mol. The summed E-state index contributed by atoms with van der Waals surface area (Å²) in [4.78, 5) is 13.6. The summed E-state index contributed by atoms with van der Waals surface area (Å²) >= 11 is 0. The molecule has 1 unspecified atom stereocenters. The number of carbonyl (C=O) groups excluding carboxylic acids is 1. The summed E-state index contributed by atoms with van der Waals surface area (Å²) in [5, 5.41) is 4.26. The molecule has 0 aliphatic carbocycles. The quantitative estimate of drug-likeness (QED) is 0.676. The van der Waals surface area contributed by atoms with Crippen LogP contribution in [0, 0.1) is 12.8 Å². The van der Waals surface area contributed by atoms with Gasteiger partial charge in [0.15, 0.2) is 0 Å². The summed E-state index contributed by atoms with van der Waals surface area (Å²) in [5.74, 6) is 1.23. The highest BCUT2D eigenvalue weighted by molar-refractivity contribution is 5.94. The molecule has 1 aromatic rings. The van der Waals surface area contributed by atoms with Gasteiger partial charge in [0.1, 0.15) is 5.82 Å². The van der Waals surface area contributed by atoms with E-state index in [2.05, 4.69) is 5.10 Å². The Bertz CT molecular complexity index is 370. The highest BCUT2D eigenvalue weighted by Gasteiger charge is 2.26. The van der Waals surface area contributed by atoms with Gasteiger partial charge in [-0.2, -0.15) is 5.10 Å². The van der Waals surface area contributed by atoms with Crippen molar-refractivity contribution in [2.24, 2.45) is 5.92 Å². The normalized spacial score (nSPS) is 19.7. The first-order valence-electron chi connectivity index (χ1n) is 5.91. The SMILES string of the molecule is CC.Cc1cnn2c1N(C)C(=O)C(C)CC2. The number of carbonyl (C=O) groups is 1. The Morgan fingerprint density at radius 2 is 2.06 bits per heavy atom. The predicted octanol–water partition coefficient (Wildman–Crippen LogP) is 2.22. The van der Waals surface area contributed by atoms with Crippen molar-refractivity contribution in [3.05, 3.63) is 11.8 Å². The third-order valence-corrected chi connectivity index (χ3v) is 2.83. The van der Waals surface area contributed by atoms with Crippen molar-refractivity contribution in [3.63, 3.8) is 0 Å². The smallest absolute Gasteiger partial charge is 0.230 e. The molecule has 0 bridgehead atoms. The second kappa shape index (κ2) is 5.14. The summed E-state index contributed by atoms with van der Waals surface area (Å²) in [6.45, 7) is 8.79. The standard InChI is InChI=1S/C10H15N3O.C2H6/c1-7-4-5-13-9(8(2)6-11-13)12(3)10(7)14;1-2/h6-7H,4-5H2,1-3H3;1-2H3. The van der Waals surface area contributed by atoms with Gasteiger partial charge in [0.2, 0.25) is 5.91 Å². The van der Waals surface area contributed by atoms with Gasteiger partial charge < -0.3 is 0 Å². The minimum atomic E-state index is 0.0982. The first-order valence-corrected chi connectivity index (χ1v) is 5.91. The van der Waals surface area contributed by atoms with Crippen molar-refractivity contribution in [1.29, 1.82) is 0 Å². The van der Waals surface area contributed by atoms with Gasteiger partial charge in [-0.15, -0.1) is 0 Å². The number of anilines is 1. The molecule has 2 heterocycles. The molecular formula is C12H21N3O. The Labute approximate surface area is 97.2 Å². The van der Waals surface area contributed by atoms with Gasteiger partial charge >= 0.3 is 0 Å². The van der Waals surface area contributed by atoms with Crippen molar-refractivity contribution in [2.45, 2.75) is 40.7 Å². The third-order valence-electron chi connectivity index (χ3n) is 2.83. The summed E-state index contributed by atoms with van der Waals surface area (Å²) in [6, 6.07) is 0. The van der Waals surface area contributed by atoms with Crippen LogP contribution in [0.1, 0.15) is 32.8 Å². The van der Waals surface area contributed by atoms with E-state index < -0.39 is 0 Å². The maximum atomic E-state index is 11.8. The topological polar surface area (TPSA) is 38.1 Å². The fraction of sp³-hybridized carbons (Fsp3) is 0.667. The summed E-state index contributed by atoms with van der Waals surface area (Å²) in [5.41, 5.74) is 1.06. The zero-order valence-electron chi connectivity index (χ0n) is 10.8. The lowest BCUT2D eigenvalue weighted by atomic mass is 10.1. The fourth-order valence-corrected chi connectivity index (χ4v) is 1.95. The largest absolute Gasteiger partial charge is 0.300 e. The van der Waals surface area contributed by atoms with E-state index in [1.54, 1.807) is 4.90 Å². The monoisotopic (exact) mass is 223 g/mol. The van der Waals surface area contributed by atoms with Gasteiger partial charge in [-0.05, 0) is 13.3 Å². The Kier molecular flexibility index (Phi) is 4.10. The van der Waals surface area contributed by atoms with Gasteiger partial charge in [-0.3, -0.25) is 9.69 Å². The molecule has 1 atom stereocenters. The van der Waals surface area contributed by atoms with Crippen molar-refractivity contribution in [2.75, 3.05) is 11.9 Å². The molecule has 0 spiro atoms. The van der Waals surface area contributed by atoms with Crippen LogP contribution in [0.15, 0.2) is 6.20 Å². The van der Waals surface area contributed by atoms with Crippen LogP contribution in [0.25, 0.3) is 0 Å². The molecule has 1 aromatic heterocycles. The number of hydrogen-bond donors (Lipinski definition) is 0. The molecule has 4 heteroatoms. The van der Waals surface area contributed by atoms with Crippen molar-refractivity contribution < 1.29 is 4.79 Å². The maximum Gasteiger partial charge on any atom is 0.230 e. The molecule has 1 amide bonds. The molecule has 16 heavy (non-hydrogen) atoms. The summed E-state index contributed by atoms with van der Waals surface area (Å²) in [7, 11) is 1.82. The Balaban J connectivity index is 0.000000606. The van der Waals surface area contributed by atoms with E-state index in [9.17, 15) is 4.79 Å². The minimum absolute atomic E-state index is 0.0982. The first-order chi connectivity index (χ1) is 7.61. The van der Waals surface area contributed by atoms with Gasteiger partial charge in [-0.1, -0.05) is 20.8 Å². The van der Waals surface area contributed by atoms with Crippen LogP contribution in [0.2, 0.25) is 0 Å². The van der Waals surface area contributed by atoms with Gasteiger partial charge in [0.05, 0.1) is 6.20 Å². The van der Waals surface area contributed by atoms with Crippen molar-refractivity contribution in [1.82, 2.24) is 9.78 Å². The highest BCUT2D eigenvalue weighted by atomic mass is 16.2. The van der Waals surface area contributed by atoms with Crippen LogP contribution in [0.3, 0.4) is 0 Å². The molecule has 0 radical (unpaired) electrons. The second-order valence-corrected chi connectivity index (χ2v) is 3.96. The molecule has 0 aromatic carbocycles. The van der Waals surface area contributed by atoms with Gasteiger partial charge in [0.25, 0.3) is 0 Å². The molecule has 0 N–H and O–H groups in total. The number of rotatable bonds is 0. The van der Waals surface area contributed by atoms with E-state index >= 15 is 0 Å². The molecule has 90 valence electrons. The minimum Gasteiger partial charge on any atom is -0.300 e. The zero-order chi connectivity index (χ0) is 12.3. The van der Waals surface area contributed by atoms with E-state index in [1.165, 1.54) is 0 Å². The number of hydrogen-bond acceptors (Lipinski definition) is 2. The Morgan fingerprint density at radius 1 is 1.44 bits per heavy atom. The molecule has 4 nitrogen and oxygen atoms in total. The molecule has 2 rings (SSSR count). The molecule has 0 saturated carbocycles. The fourth-order valence-electron chi connectivity index (χ4n) is 1.95. The van der Waals surface area contributed by atoms with Crippen LogP contribution in [-0.2, 0) is 11.3 Å². The van der Waals surface area contributed by atoms with E-state index in [-0.39, 0.29) is 11.8 Å². The number of nitrogens with zero attached hydrogens (tertiary/aromatic N) is 3. The Hall–Kier alpha value is -1.32. The second-order valence-electron chi connectivity index (χ2n) is 3.96. The van der Waals surface area contributed by atoms with Crippen LogP contribution >= 0.6 is 0 Å². The summed E-state index contributed by atoms with van der Waals surface area (Å²) in [6.07, 6.45) is 2.69. The predicted molar refractivity (Wildman–Crippen MR) is 65.5 cm³/mol. The Morgan fingerprint density at radius 3 is 2.69 bits per heavy atom. The first kappa shape index (κ1) is 12.7. The third kappa shape index (κ3) is 2.10. The number of aryl methyl sites for hydroxylation is 2. The lowest BCUT2D eigenvalue weighted by molar-refractivity contribution is -0.121. The lowest BCUT2D eigenvalue weighted by Crippen LogP contribution is -2.30. The summed E-state index contributed by atoms with van der Waals surface area (Å²) < 4.78 is 1.91. The average Bonchev–Trinajstić information content (AvgIpc) is 2.63. The number of amides is 1. The highest BCUT2D eigenvalue weighted by Crippen LogP contribution is 2.25. The zero-order valence-corrected chi connectivity index (χ0v) is 10.8. The molecular weight excluding hydrogens is 202 g/mol. The lowest BCUT2D eigenvalue weighted by Gasteiger charge is -2.17. The van der Waals surface area contributed by atoms with Crippen LogP contribution in [-0.4, -0.2) is 22.7 Å². The van der Waals surface area contributed by atoms with Gasteiger partial charge in [0, 0.05) is 25.1 Å². The van der Waals surface area contributed by atoms with E-state index in [0.29, 0.717) is 0 Å². The van der Waals surface area contributed by atoms with Gasteiger partial charge in [-0.25, -0.2) is 4.68 Å². The maximum absolute atomic E-state index is 11.8. The number of aromatic nitrogens is 2. The number of fused-ring (bicyclic) bond motifs is 1. The molecule has 1 aliphatic heterocycles. The molecule has 1 aliphatic rings. The van der Waals surface area contributed by atoms with Crippen LogP contribution < -0.4 is 4.90 Å². The van der Waals surface area contributed by atoms with Crippen molar-refractivity contribution in [3.8, 4) is 0 Å². The molecule has 0 saturated heterocycles. The van der Waals surface area contributed by atoms with Crippen LogP contribution in [0.4, 0.5) is 5.82 Å². The van der Waals surface area contributed by atoms with E-state index in [0.717, 1.165) is 24.3 Å².